The van der Waals surface area contributed by atoms with E-state index >= 15 is 0 Å². The van der Waals surface area contributed by atoms with Crippen LogP contribution in [0.2, 0.25) is 0 Å². The van der Waals surface area contributed by atoms with Crippen molar-refractivity contribution in [2.75, 3.05) is 23.7 Å². The van der Waals surface area contributed by atoms with Gasteiger partial charge in [0.2, 0.25) is 5.91 Å². The molecule has 3 rings (SSSR count). The third-order valence-electron chi connectivity index (χ3n) is 4.97. The van der Waals surface area contributed by atoms with Crippen molar-refractivity contribution in [1.29, 1.82) is 5.26 Å². The van der Waals surface area contributed by atoms with Crippen LogP contribution in [0.4, 0.5) is 28.9 Å². The number of carbonyl (C=O) groups excluding carboxylic acids is 1. The van der Waals surface area contributed by atoms with Gasteiger partial charge in [-0.15, -0.1) is 0 Å². The molecule has 0 spiro atoms. The first-order valence-corrected chi connectivity index (χ1v) is 9.87. The van der Waals surface area contributed by atoms with Gasteiger partial charge in [0.25, 0.3) is 0 Å². The number of anilines is 2. The molecular formula is C22H22F4N4O2. The Hall–Kier alpha value is -3.32. The summed E-state index contributed by atoms with van der Waals surface area (Å²) >= 11 is 0. The number of hydrogen-bond donors (Lipinski definition) is 3. The summed E-state index contributed by atoms with van der Waals surface area (Å²) < 4.78 is 59.5. The van der Waals surface area contributed by atoms with Crippen molar-refractivity contribution < 1.29 is 27.1 Å². The SMILES string of the molecule is CC(C)(Nc1ccc(OC2CCNC2)c(F)c1)C(=O)Nc1ccc(C#N)c(C(F)(F)F)c1. The molecule has 1 heterocycles. The standard InChI is InChI=1S/C22H22F4N4O2/c1-21(2,20(31)29-14-4-3-13(11-27)17(9-14)22(24,25)26)30-15-5-6-19(18(23)10-15)32-16-7-8-28-12-16/h3-6,9-10,16,28,30H,7-8,12H2,1-2H3,(H,29,31). The number of nitrogens with zero attached hydrogens (tertiary/aromatic N) is 1. The van der Waals surface area contributed by atoms with Crippen molar-refractivity contribution in [3.8, 4) is 11.8 Å². The lowest BCUT2D eigenvalue weighted by atomic mass is 10.0. The van der Waals surface area contributed by atoms with Crippen LogP contribution in [0.5, 0.6) is 5.75 Å². The highest BCUT2D eigenvalue weighted by atomic mass is 19.4. The molecule has 2 aromatic carbocycles. The maximum Gasteiger partial charge on any atom is 0.417 e. The zero-order valence-electron chi connectivity index (χ0n) is 17.4. The summed E-state index contributed by atoms with van der Waals surface area (Å²) in [5.41, 5.74) is -2.79. The van der Waals surface area contributed by atoms with Crippen LogP contribution in [0.25, 0.3) is 0 Å². The van der Waals surface area contributed by atoms with E-state index in [1.165, 1.54) is 38.1 Å². The smallest absolute Gasteiger partial charge is 0.417 e. The first-order chi connectivity index (χ1) is 15.0. The normalized spacial score (nSPS) is 16.3. The highest BCUT2D eigenvalue weighted by molar-refractivity contribution is 5.99. The molecule has 0 bridgehead atoms. The average Bonchev–Trinajstić information content (AvgIpc) is 3.22. The molecule has 2 aromatic rings. The molecule has 1 aliphatic rings. The number of ether oxygens (including phenoxy) is 1. The van der Waals surface area contributed by atoms with E-state index in [1.807, 2.05) is 0 Å². The van der Waals surface area contributed by atoms with Crippen LogP contribution >= 0.6 is 0 Å². The number of hydrogen-bond acceptors (Lipinski definition) is 5. The third kappa shape index (κ3) is 5.48. The number of nitriles is 1. The molecule has 1 saturated heterocycles. The summed E-state index contributed by atoms with van der Waals surface area (Å²) in [5, 5.41) is 17.3. The quantitative estimate of drug-likeness (QED) is 0.572. The number of amides is 1. The Morgan fingerprint density at radius 1 is 1.19 bits per heavy atom. The number of rotatable bonds is 6. The summed E-state index contributed by atoms with van der Waals surface area (Å²) in [6, 6.07) is 8.60. The lowest BCUT2D eigenvalue weighted by Crippen LogP contribution is -2.44. The number of alkyl halides is 3. The Kier molecular flexibility index (Phi) is 6.60. The van der Waals surface area contributed by atoms with E-state index in [4.69, 9.17) is 10.00 Å². The zero-order chi connectivity index (χ0) is 23.5. The minimum absolute atomic E-state index is 0.101. The molecule has 1 amide bonds. The van der Waals surface area contributed by atoms with Gasteiger partial charge in [0, 0.05) is 24.0 Å². The van der Waals surface area contributed by atoms with E-state index < -0.39 is 34.6 Å². The molecular weight excluding hydrogens is 428 g/mol. The molecule has 3 N–H and O–H groups in total. The minimum Gasteiger partial charge on any atom is -0.486 e. The molecule has 1 fully saturated rings. The van der Waals surface area contributed by atoms with Gasteiger partial charge in [-0.1, -0.05) is 0 Å². The molecule has 1 aliphatic heterocycles. The lowest BCUT2D eigenvalue weighted by molar-refractivity contribution is -0.137. The van der Waals surface area contributed by atoms with Gasteiger partial charge in [0.05, 0.1) is 17.2 Å². The predicted octanol–water partition coefficient (Wildman–Crippen LogP) is 4.29. The van der Waals surface area contributed by atoms with Crippen molar-refractivity contribution in [3.63, 3.8) is 0 Å². The van der Waals surface area contributed by atoms with E-state index in [2.05, 4.69) is 16.0 Å². The van der Waals surface area contributed by atoms with Crippen molar-refractivity contribution in [1.82, 2.24) is 5.32 Å². The monoisotopic (exact) mass is 450 g/mol. The van der Waals surface area contributed by atoms with Gasteiger partial charge < -0.3 is 20.7 Å². The van der Waals surface area contributed by atoms with Crippen LogP contribution in [0.3, 0.4) is 0 Å². The van der Waals surface area contributed by atoms with Gasteiger partial charge in [0.15, 0.2) is 11.6 Å². The Morgan fingerprint density at radius 2 is 1.91 bits per heavy atom. The van der Waals surface area contributed by atoms with Gasteiger partial charge in [-0.2, -0.15) is 18.4 Å². The van der Waals surface area contributed by atoms with E-state index in [0.717, 1.165) is 19.0 Å². The Morgan fingerprint density at radius 3 is 2.50 bits per heavy atom. The largest absolute Gasteiger partial charge is 0.486 e. The van der Waals surface area contributed by atoms with Crippen LogP contribution in [-0.2, 0) is 11.0 Å². The fraction of sp³-hybridized carbons (Fsp3) is 0.364. The Labute approximate surface area is 182 Å². The van der Waals surface area contributed by atoms with E-state index in [0.29, 0.717) is 18.3 Å². The Bertz CT molecular complexity index is 1040. The first kappa shape index (κ1) is 23.3. The molecule has 0 saturated carbocycles. The molecule has 0 radical (unpaired) electrons. The fourth-order valence-electron chi connectivity index (χ4n) is 3.24. The second kappa shape index (κ2) is 9.04. The van der Waals surface area contributed by atoms with Crippen molar-refractivity contribution in [2.45, 2.75) is 38.1 Å². The zero-order valence-corrected chi connectivity index (χ0v) is 17.4. The molecule has 1 atom stereocenters. The number of nitrogens with one attached hydrogen (secondary N) is 3. The average molecular weight is 450 g/mol. The van der Waals surface area contributed by atoms with Gasteiger partial charge in [0.1, 0.15) is 11.6 Å². The second-order valence-electron chi connectivity index (χ2n) is 7.95. The molecule has 10 heteroatoms. The summed E-state index contributed by atoms with van der Waals surface area (Å²) in [6.45, 7) is 4.45. The van der Waals surface area contributed by atoms with Gasteiger partial charge in [-0.25, -0.2) is 4.39 Å². The van der Waals surface area contributed by atoms with Gasteiger partial charge in [-0.05, 0) is 57.1 Å². The fourth-order valence-corrected chi connectivity index (χ4v) is 3.24. The molecule has 0 aromatic heterocycles. The number of halogens is 4. The lowest BCUT2D eigenvalue weighted by Gasteiger charge is -2.27. The van der Waals surface area contributed by atoms with Crippen LogP contribution in [-0.4, -0.2) is 30.6 Å². The minimum atomic E-state index is -4.74. The summed E-state index contributed by atoms with van der Waals surface area (Å²) in [6.07, 6.45) is -4.08. The highest BCUT2D eigenvalue weighted by Crippen LogP contribution is 2.34. The van der Waals surface area contributed by atoms with Gasteiger partial charge >= 0.3 is 6.18 Å². The first-order valence-electron chi connectivity index (χ1n) is 9.87. The Balaban J connectivity index is 1.70. The second-order valence-corrected chi connectivity index (χ2v) is 7.95. The van der Waals surface area contributed by atoms with Crippen molar-refractivity contribution in [2.24, 2.45) is 0 Å². The summed E-state index contributed by atoms with van der Waals surface area (Å²) in [5.74, 6) is -1.14. The van der Waals surface area contributed by atoms with Crippen LogP contribution in [0.15, 0.2) is 36.4 Å². The maximum absolute atomic E-state index is 14.4. The third-order valence-corrected chi connectivity index (χ3v) is 4.97. The molecule has 1 unspecified atom stereocenters. The van der Waals surface area contributed by atoms with Crippen LogP contribution in [0, 0.1) is 17.1 Å². The van der Waals surface area contributed by atoms with Gasteiger partial charge in [-0.3, -0.25) is 4.79 Å². The molecule has 32 heavy (non-hydrogen) atoms. The number of benzene rings is 2. The van der Waals surface area contributed by atoms with Crippen LogP contribution in [0.1, 0.15) is 31.4 Å². The number of carbonyl (C=O) groups is 1. The topological polar surface area (TPSA) is 86.2 Å². The molecule has 170 valence electrons. The van der Waals surface area contributed by atoms with Crippen LogP contribution < -0.4 is 20.7 Å². The maximum atomic E-state index is 14.4. The van der Waals surface area contributed by atoms with Crippen molar-refractivity contribution in [3.05, 3.63) is 53.3 Å². The van der Waals surface area contributed by atoms with Crippen molar-refractivity contribution >= 4 is 17.3 Å². The highest BCUT2D eigenvalue weighted by Gasteiger charge is 2.34. The van der Waals surface area contributed by atoms with E-state index in [-0.39, 0.29) is 17.5 Å². The van der Waals surface area contributed by atoms with E-state index in [9.17, 15) is 22.4 Å². The van der Waals surface area contributed by atoms with E-state index in [1.54, 1.807) is 6.07 Å². The molecule has 6 nitrogen and oxygen atoms in total. The molecule has 0 aliphatic carbocycles. The predicted molar refractivity (Wildman–Crippen MR) is 111 cm³/mol. The summed E-state index contributed by atoms with van der Waals surface area (Å²) in [4.78, 5) is 12.7. The summed E-state index contributed by atoms with van der Waals surface area (Å²) in [7, 11) is 0.